The third-order valence-electron chi connectivity index (χ3n) is 4.59. The molecule has 0 atom stereocenters. The van der Waals surface area contributed by atoms with Crippen LogP contribution in [-0.2, 0) is 0 Å². The number of nitrogens with one attached hydrogen (secondary N) is 1. The van der Waals surface area contributed by atoms with Crippen LogP contribution in [0.4, 0.5) is 5.69 Å². The summed E-state index contributed by atoms with van der Waals surface area (Å²) in [6, 6.07) is 13.9. The maximum atomic E-state index is 12.6. The first-order chi connectivity index (χ1) is 14.4. The van der Waals surface area contributed by atoms with E-state index in [4.69, 9.17) is 0 Å². The van der Waals surface area contributed by atoms with Crippen molar-refractivity contribution in [3.8, 4) is 22.8 Å². The van der Waals surface area contributed by atoms with Crippen molar-refractivity contribution in [2.45, 2.75) is 13.8 Å². The number of rotatable bonds is 4. The standard InChI is InChI=1S/C22H18BrN5O2/c1-13-20(23)14(2)28(27-13)18-8-6-15(7-9-18)22(30)26-17-11-24-21(25-12-17)16-4-3-5-19(29)10-16/h3-12,29H,1-2H3,(H,26,30). The number of benzene rings is 2. The van der Waals surface area contributed by atoms with Crippen LogP contribution in [0.1, 0.15) is 21.7 Å². The molecule has 0 bridgehead atoms. The van der Waals surface area contributed by atoms with E-state index in [9.17, 15) is 9.90 Å². The molecule has 2 aromatic carbocycles. The number of aromatic hydroxyl groups is 1. The maximum absolute atomic E-state index is 12.6. The summed E-state index contributed by atoms with van der Waals surface area (Å²) >= 11 is 3.52. The highest BCUT2D eigenvalue weighted by Gasteiger charge is 2.12. The number of carbonyl (C=O) groups is 1. The predicted molar refractivity (Wildman–Crippen MR) is 118 cm³/mol. The van der Waals surface area contributed by atoms with Crippen molar-refractivity contribution in [1.82, 2.24) is 19.7 Å². The summed E-state index contributed by atoms with van der Waals surface area (Å²) < 4.78 is 2.80. The van der Waals surface area contributed by atoms with Crippen LogP contribution in [0.25, 0.3) is 17.1 Å². The SMILES string of the molecule is Cc1nn(-c2ccc(C(=O)Nc3cnc(-c4cccc(O)c4)nc3)cc2)c(C)c1Br. The molecule has 0 saturated heterocycles. The Labute approximate surface area is 181 Å². The smallest absolute Gasteiger partial charge is 0.255 e. The molecule has 0 radical (unpaired) electrons. The van der Waals surface area contributed by atoms with Gasteiger partial charge in [0.15, 0.2) is 5.82 Å². The van der Waals surface area contributed by atoms with E-state index in [1.807, 2.05) is 30.7 Å². The Morgan fingerprint density at radius 1 is 1.07 bits per heavy atom. The van der Waals surface area contributed by atoms with Crippen molar-refractivity contribution in [3.05, 3.63) is 82.3 Å². The average molecular weight is 464 g/mol. The zero-order valence-corrected chi connectivity index (χ0v) is 17.9. The molecule has 0 aliphatic carbocycles. The second-order valence-corrected chi connectivity index (χ2v) is 7.54. The quantitative estimate of drug-likeness (QED) is 0.458. The van der Waals surface area contributed by atoms with Crippen LogP contribution in [0.3, 0.4) is 0 Å². The number of anilines is 1. The summed E-state index contributed by atoms with van der Waals surface area (Å²) in [6.07, 6.45) is 3.07. The molecule has 4 rings (SSSR count). The summed E-state index contributed by atoms with van der Waals surface area (Å²) in [5.41, 5.74) is 4.46. The van der Waals surface area contributed by atoms with Gasteiger partial charge < -0.3 is 10.4 Å². The molecule has 0 spiro atoms. The van der Waals surface area contributed by atoms with Crippen molar-refractivity contribution < 1.29 is 9.90 Å². The summed E-state index contributed by atoms with van der Waals surface area (Å²) in [4.78, 5) is 21.1. The van der Waals surface area contributed by atoms with Gasteiger partial charge in [0.05, 0.1) is 39.6 Å². The number of halogens is 1. The van der Waals surface area contributed by atoms with Crippen molar-refractivity contribution in [3.63, 3.8) is 0 Å². The topological polar surface area (TPSA) is 92.9 Å². The lowest BCUT2D eigenvalue weighted by molar-refractivity contribution is 0.102. The normalized spacial score (nSPS) is 10.8. The van der Waals surface area contributed by atoms with Gasteiger partial charge in [0.2, 0.25) is 0 Å². The molecule has 30 heavy (non-hydrogen) atoms. The molecular weight excluding hydrogens is 446 g/mol. The number of hydrogen-bond acceptors (Lipinski definition) is 5. The van der Waals surface area contributed by atoms with E-state index in [0.29, 0.717) is 22.6 Å². The molecule has 0 unspecified atom stereocenters. The highest BCUT2D eigenvalue weighted by atomic mass is 79.9. The number of hydrogen-bond donors (Lipinski definition) is 2. The second kappa shape index (κ2) is 8.08. The zero-order valence-electron chi connectivity index (χ0n) is 16.3. The lowest BCUT2D eigenvalue weighted by atomic mass is 10.2. The number of nitrogens with zero attached hydrogens (tertiary/aromatic N) is 4. The molecule has 150 valence electrons. The Bertz CT molecular complexity index is 1220. The van der Waals surface area contributed by atoms with Gasteiger partial charge in [-0.3, -0.25) is 4.79 Å². The summed E-state index contributed by atoms with van der Waals surface area (Å²) in [5.74, 6) is 0.346. The van der Waals surface area contributed by atoms with Gasteiger partial charge in [-0.2, -0.15) is 5.10 Å². The van der Waals surface area contributed by atoms with Gasteiger partial charge in [0, 0.05) is 11.1 Å². The first-order valence-electron chi connectivity index (χ1n) is 9.17. The van der Waals surface area contributed by atoms with Crippen molar-refractivity contribution >= 4 is 27.5 Å². The third kappa shape index (κ3) is 3.95. The van der Waals surface area contributed by atoms with Gasteiger partial charge >= 0.3 is 0 Å². The fourth-order valence-electron chi connectivity index (χ4n) is 3.02. The molecule has 0 aliphatic heterocycles. The molecule has 0 aliphatic rings. The van der Waals surface area contributed by atoms with Crippen LogP contribution in [-0.4, -0.2) is 30.8 Å². The fraction of sp³-hybridized carbons (Fsp3) is 0.0909. The summed E-state index contributed by atoms with van der Waals surface area (Å²) in [6.45, 7) is 3.91. The average Bonchev–Trinajstić information content (AvgIpc) is 3.01. The van der Waals surface area contributed by atoms with E-state index in [0.717, 1.165) is 21.5 Å². The van der Waals surface area contributed by atoms with Gasteiger partial charge in [0.1, 0.15) is 5.75 Å². The van der Waals surface area contributed by atoms with Crippen LogP contribution in [0, 0.1) is 13.8 Å². The van der Waals surface area contributed by atoms with Crippen LogP contribution in [0.2, 0.25) is 0 Å². The first kappa shape index (κ1) is 19.8. The van der Waals surface area contributed by atoms with Crippen LogP contribution >= 0.6 is 15.9 Å². The van der Waals surface area contributed by atoms with Crippen molar-refractivity contribution in [2.24, 2.45) is 0 Å². The molecule has 0 fully saturated rings. The van der Waals surface area contributed by atoms with E-state index in [2.05, 4.69) is 36.3 Å². The molecule has 0 saturated carbocycles. The Morgan fingerprint density at radius 2 is 1.77 bits per heavy atom. The molecule has 2 N–H and O–H groups in total. The molecular formula is C22H18BrN5O2. The molecule has 1 amide bonds. The van der Waals surface area contributed by atoms with Gasteiger partial charge in [-0.05, 0) is 66.2 Å². The Hall–Kier alpha value is -3.52. The number of phenolic OH excluding ortho intramolecular Hbond substituents is 1. The molecule has 8 heteroatoms. The minimum Gasteiger partial charge on any atom is -0.508 e. The molecule has 4 aromatic rings. The van der Waals surface area contributed by atoms with E-state index < -0.39 is 0 Å². The lowest BCUT2D eigenvalue weighted by Gasteiger charge is -2.08. The van der Waals surface area contributed by atoms with Crippen LogP contribution < -0.4 is 5.32 Å². The van der Waals surface area contributed by atoms with Crippen molar-refractivity contribution in [1.29, 1.82) is 0 Å². The van der Waals surface area contributed by atoms with Gasteiger partial charge in [0.25, 0.3) is 5.91 Å². The second-order valence-electron chi connectivity index (χ2n) is 6.74. The number of aryl methyl sites for hydroxylation is 1. The summed E-state index contributed by atoms with van der Waals surface area (Å²) in [5, 5.41) is 16.9. The van der Waals surface area contributed by atoms with E-state index in [1.54, 1.807) is 36.4 Å². The van der Waals surface area contributed by atoms with Gasteiger partial charge in [-0.1, -0.05) is 12.1 Å². The Balaban J connectivity index is 1.48. The van der Waals surface area contributed by atoms with E-state index in [-0.39, 0.29) is 11.7 Å². The lowest BCUT2D eigenvalue weighted by Crippen LogP contribution is -2.12. The number of phenols is 1. The largest absolute Gasteiger partial charge is 0.508 e. The number of carbonyl (C=O) groups excluding carboxylic acids is 1. The fourth-order valence-corrected chi connectivity index (χ4v) is 3.27. The van der Waals surface area contributed by atoms with Gasteiger partial charge in [-0.25, -0.2) is 14.6 Å². The minimum absolute atomic E-state index is 0.143. The van der Waals surface area contributed by atoms with Crippen LogP contribution in [0.15, 0.2) is 65.4 Å². The molecule has 7 nitrogen and oxygen atoms in total. The number of amides is 1. The van der Waals surface area contributed by atoms with E-state index in [1.165, 1.54) is 12.4 Å². The maximum Gasteiger partial charge on any atom is 0.255 e. The number of aromatic nitrogens is 4. The molecule has 2 heterocycles. The first-order valence-corrected chi connectivity index (χ1v) is 9.96. The third-order valence-corrected chi connectivity index (χ3v) is 5.74. The summed E-state index contributed by atoms with van der Waals surface area (Å²) in [7, 11) is 0. The van der Waals surface area contributed by atoms with Crippen LogP contribution in [0.5, 0.6) is 5.75 Å². The van der Waals surface area contributed by atoms with Gasteiger partial charge in [-0.15, -0.1) is 0 Å². The Kier molecular flexibility index (Phi) is 5.33. The highest BCUT2D eigenvalue weighted by molar-refractivity contribution is 9.10. The van der Waals surface area contributed by atoms with Crippen molar-refractivity contribution in [2.75, 3.05) is 5.32 Å². The van der Waals surface area contributed by atoms with E-state index >= 15 is 0 Å². The zero-order chi connectivity index (χ0) is 21.3. The predicted octanol–water partition coefficient (Wildman–Crippen LogP) is 4.67. The molecule has 2 aromatic heterocycles. The Morgan fingerprint density at radius 3 is 2.37 bits per heavy atom. The minimum atomic E-state index is -0.259. The monoisotopic (exact) mass is 463 g/mol. The highest BCUT2D eigenvalue weighted by Crippen LogP contribution is 2.23.